The van der Waals surface area contributed by atoms with Crippen LogP contribution in [-0.2, 0) is 9.59 Å². The SMILES string of the molecule is CC([CH2][Ge][CH2]C(C)C(=O)O)C(=O)O.O.O. The Labute approximate surface area is 94.8 Å². The van der Waals surface area contributed by atoms with Gasteiger partial charge in [-0.25, -0.2) is 0 Å². The Balaban J connectivity index is -0.000000720. The maximum atomic E-state index is 10.4. The summed E-state index contributed by atoms with van der Waals surface area (Å²) in [6, 6.07) is 0. The molecule has 0 heterocycles. The first-order valence-corrected chi connectivity index (χ1v) is 7.08. The van der Waals surface area contributed by atoms with E-state index in [0.29, 0.717) is 10.5 Å². The van der Waals surface area contributed by atoms with E-state index in [1.807, 2.05) is 0 Å². The average Bonchev–Trinajstić information content (AvgIpc) is 2.03. The summed E-state index contributed by atoms with van der Waals surface area (Å²) in [6.45, 7) is 3.33. The second-order valence-electron chi connectivity index (χ2n) is 3.14. The normalized spacial score (nSPS) is 12.9. The average molecular weight is 283 g/mol. The van der Waals surface area contributed by atoms with Crippen LogP contribution in [0, 0.1) is 11.8 Å². The van der Waals surface area contributed by atoms with Crippen molar-refractivity contribution in [3.63, 3.8) is 0 Å². The first-order valence-electron chi connectivity index (χ1n) is 4.11. The fraction of sp³-hybridized carbons (Fsp3) is 0.750. The predicted octanol–water partition coefficient (Wildman–Crippen LogP) is -0.681. The van der Waals surface area contributed by atoms with Gasteiger partial charge in [0.15, 0.2) is 0 Å². The Kier molecular flexibility index (Phi) is 13.2. The quantitative estimate of drug-likeness (QED) is 0.623. The maximum absolute atomic E-state index is 10.4. The van der Waals surface area contributed by atoms with Crippen LogP contribution in [0.5, 0.6) is 0 Å². The minimum atomic E-state index is -0.785. The van der Waals surface area contributed by atoms with E-state index in [9.17, 15) is 9.59 Å². The van der Waals surface area contributed by atoms with E-state index in [0.717, 1.165) is 0 Å². The molecule has 0 rings (SSSR count). The number of hydrogen-bond donors (Lipinski definition) is 2. The molecule has 6 N–H and O–H groups in total. The van der Waals surface area contributed by atoms with Gasteiger partial charge in [-0.1, -0.05) is 0 Å². The van der Waals surface area contributed by atoms with E-state index in [2.05, 4.69) is 0 Å². The molecule has 15 heavy (non-hydrogen) atoms. The number of carboxylic acid groups (broad SMARTS) is 2. The Morgan fingerprint density at radius 3 is 1.47 bits per heavy atom. The third kappa shape index (κ3) is 9.70. The Morgan fingerprint density at radius 2 is 1.27 bits per heavy atom. The molecule has 0 aliphatic rings. The molecule has 0 amide bonds. The van der Waals surface area contributed by atoms with Gasteiger partial charge in [-0.15, -0.1) is 0 Å². The first-order chi connectivity index (χ1) is 5.95. The van der Waals surface area contributed by atoms with Gasteiger partial charge in [-0.3, -0.25) is 0 Å². The van der Waals surface area contributed by atoms with Crippen molar-refractivity contribution in [2.24, 2.45) is 11.8 Å². The van der Waals surface area contributed by atoms with Crippen LogP contribution in [0.3, 0.4) is 0 Å². The minimum Gasteiger partial charge on any atom is -0.412 e. The van der Waals surface area contributed by atoms with Crippen LogP contribution in [0.15, 0.2) is 0 Å². The molecule has 0 bridgehead atoms. The van der Waals surface area contributed by atoms with Gasteiger partial charge in [0.2, 0.25) is 0 Å². The molecular formula is C8H18GeO6. The summed E-state index contributed by atoms with van der Waals surface area (Å²) in [5.74, 6) is -2.21. The number of carbonyl (C=O) groups is 2. The van der Waals surface area contributed by atoms with Crippen LogP contribution >= 0.6 is 0 Å². The molecule has 0 aliphatic heterocycles. The van der Waals surface area contributed by atoms with Crippen molar-refractivity contribution in [2.45, 2.75) is 24.4 Å². The van der Waals surface area contributed by atoms with Crippen molar-refractivity contribution >= 4 is 27.4 Å². The molecule has 90 valence electrons. The fourth-order valence-electron chi connectivity index (χ4n) is 0.691. The zero-order valence-electron chi connectivity index (χ0n) is 8.78. The molecule has 0 aromatic heterocycles. The second kappa shape index (κ2) is 9.94. The molecule has 0 aliphatic carbocycles. The molecule has 0 fully saturated rings. The summed E-state index contributed by atoms with van der Waals surface area (Å²) in [5.41, 5.74) is 0. The Bertz CT molecular complexity index is 176. The second-order valence-corrected chi connectivity index (χ2v) is 5.90. The molecule has 2 unspecified atom stereocenters. The molecular weight excluding hydrogens is 265 g/mol. The third-order valence-corrected chi connectivity index (χ3v) is 5.53. The zero-order valence-corrected chi connectivity index (χ0v) is 10.9. The Morgan fingerprint density at radius 1 is 1.00 bits per heavy atom. The van der Waals surface area contributed by atoms with E-state index in [1.54, 1.807) is 13.8 Å². The molecule has 2 atom stereocenters. The van der Waals surface area contributed by atoms with E-state index in [-0.39, 0.29) is 22.8 Å². The largest absolute Gasteiger partial charge is 0.412 e. The number of aliphatic carboxylic acids is 2. The molecule has 0 saturated heterocycles. The Hall–Kier alpha value is -0.597. The molecule has 0 saturated carbocycles. The number of rotatable bonds is 6. The van der Waals surface area contributed by atoms with Crippen LogP contribution in [0.25, 0.3) is 0 Å². The summed E-state index contributed by atoms with van der Waals surface area (Å²) in [4.78, 5) is 20.8. The van der Waals surface area contributed by atoms with E-state index in [1.165, 1.54) is 0 Å². The smallest absolute Gasteiger partial charge is 0.412 e. The van der Waals surface area contributed by atoms with Crippen LogP contribution in [0.4, 0.5) is 0 Å². The van der Waals surface area contributed by atoms with Gasteiger partial charge >= 0.3 is 83.4 Å². The summed E-state index contributed by atoms with van der Waals surface area (Å²) in [7, 11) is 0. The monoisotopic (exact) mass is 284 g/mol. The summed E-state index contributed by atoms with van der Waals surface area (Å²) < 4.78 is 0. The van der Waals surface area contributed by atoms with Crippen molar-refractivity contribution < 1.29 is 30.8 Å². The number of carboxylic acids is 2. The van der Waals surface area contributed by atoms with Crippen molar-refractivity contribution in [3.05, 3.63) is 0 Å². The predicted molar refractivity (Wildman–Crippen MR) is 56.2 cm³/mol. The van der Waals surface area contributed by atoms with Gasteiger partial charge in [0.25, 0.3) is 0 Å². The van der Waals surface area contributed by atoms with Crippen LogP contribution in [0.1, 0.15) is 13.8 Å². The van der Waals surface area contributed by atoms with Gasteiger partial charge in [0, 0.05) is 0 Å². The van der Waals surface area contributed by atoms with Gasteiger partial charge in [0.1, 0.15) is 0 Å². The fourth-order valence-corrected chi connectivity index (χ4v) is 3.59. The van der Waals surface area contributed by atoms with E-state index in [4.69, 9.17) is 10.2 Å². The van der Waals surface area contributed by atoms with Gasteiger partial charge in [-0.05, 0) is 0 Å². The van der Waals surface area contributed by atoms with E-state index >= 15 is 0 Å². The summed E-state index contributed by atoms with van der Waals surface area (Å²) >= 11 is -0.412. The van der Waals surface area contributed by atoms with Crippen molar-refractivity contribution in [1.29, 1.82) is 0 Å². The number of hydrogen-bond acceptors (Lipinski definition) is 2. The molecule has 6 nitrogen and oxygen atoms in total. The zero-order chi connectivity index (χ0) is 10.4. The standard InChI is InChI=1S/C8H14GeO4.2H2O/c1-5(7(10)11)3-9-4-6(2)8(12)13;;/h5-6H,3-4H2,1-2H3,(H,10,11)(H,12,13);2*1H2. The molecule has 0 aromatic rings. The first kappa shape index (κ1) is 19.9. The van der Waals surface area contributed by atoms with Crippen molar-refractivity contribution in [2.75, 3.05) is 0 Å². The topological polar surface area (TPSA) is 138 Å². The van der Waals surface area contributed by atoms with Crippen molar-refractivity contribution in [3.8, 4) is 0 Å². The molecule has 2 radical (unpaired) electrons. The molecule has 0 aromatic carbocycles. The van der Waals surface area contributed by atoms with Gasteiger partial charge in [0.05, 0.1) is 0 Å². The maximum Gasteiger partial charge on any atom is -0.412 e. The van der Waals surface area contributed by atoms with E-state index < -0.39 is 27.4 Å². The summed E-state index contributed by atoms with van der Waals surface area (Å²) in [5, 5.41) is 18.5. The molecule has 7 heteroatoms. The van der Waals surface area contributed by atoms with Crippen LogP contribution in [-0.4, -0.2) is 48.5 Å². The van der Waals surface area contributed by atoms with Gasteiger partial charge in [-0.2, -0.15) is 0 Å². The van der Waals surface area contributed by atoms with Gasteiger partial charge < -0.3 is 11.0 Å². The van der Waals surface area contributed by atoms with Crippen LogP contribution in [0.2, 0.25) is 10.5 Å². The minimum absolute atomic E-state index is 0. The van der Waals surface area contributed by atoms with Crippen molar-refractivity contribution in [1.82, 2.24) is 0 Å². The van der Waals surface area contributed by atoms with Crippen LogP contribution < -0.4 is 0 Å². The summed E-state index contributed by atoms with van der Waals surface area (Å²) in [6.07, 6.45) is 0. The third-order valence-electron chi connectivity index (χ3n) is 1.74. The molecule has 0 spiro atoms.